The summed E-state index contributed by atoms with van der Waals surface area (Å²) in [5, 5.41) is 0. The normalized spacial score (nSPS) is 8.70. The number of hydrogen-bond donors (Lipinski definition) is 0. The van der Waals surface area contributed by atoms with Gasteiger partial charge in [-0.25, -0.2) is 0 Å². The first-order valence-corrected chi connectivity index (χ1v) is 8.55. The molecule has 0 radical (unpaired) electrons. The van der Waals surface area contributed by atoms with E-state index < -0.39 is 0 Å². The van der Waals surface area contributed by atoms with Gasteiger partial charge in [0.05, 0.1) is 0 Å². The van der Waals surface area contributed by atoms with Crippen molar-refractivity contribution in [2.45, 2.75) is 90.9 Å². The lowest BCUT2D eigenvalue weighted by molar-refractivity contribution is 0.611. The van der Waals surface area contributed by atoms with E-state index in [1.165, 1.54) is 77.0 Å². The Labute approximate surface area is 130 Å². The molecule has 0 aromatic heterocycles. The number of hydrogen-bond acceptors (Lipinski definition) is 0. The molecule has 0 aromatic carbocycles. The van der Waals surface area contributed by atoms with Crippen LogP contribution in [0.2, 0.25) is 0 Å². The monoisotopic (exact) mass is 280 g/mol. The lowest BCUT2D eigenvalue weighted by atomic mass is 10.1. The van der Waals surface area contributed by atoms with Gasteiger partial charge in [0.1, 0.15) is 0 Å². The molecule has 0 aromatic rings. The Hall–Kier alpha value is -0.780. The highest BCUT2D eigenvalue weighted by atomic mass is 13.9. The van der Waals surface area contributed by atoms with E-state index in [1.807, 2.05) is 12.2 Å². The Kier molecular flexibility index (Phi) is 37.5. The third kappa shape index (κ3) is 36.0. The zero-order valence-corrected chi connectivity index (χ0v) is 14.5. The second kappa shape index (κ2) is 30.9. The van der Waals surface area contributed by atoms with Gasteiger partial charge in [-0.2, -0.15) is 0 Å². The summed E-state index contributed by atoms with van der Waals surface area (Å²) in [6, 6.07) is 0. The van der Waals surface area contributed by atoms with Crippen molar-refractivity contribution in [2.24, 2.45) is 0 Å². The van der Waals surface area contributed by atoms with Crippen LogP contribution in [0.25, 0.3) is 0 Å². The van der Waals surface area contributed by atoms with Crippen molar-refractivity contribution in [3.05, 3.63) is 38.5 Å². The van der Waals surface area contributed by atoms with E-state index in [0.717, 1.165) is 0 Å². The third-order valence-corrected chi connectivity index (χ3v) is 3.02. The zero-order valence-electron chi connectivity index (χ0n) is 14.5. The second-order valence-corrected chi connectivity index (χ2v) is 4.98. The van der Waals surface area contributed by atoms with Crippen LogP contribution < -0.4 is 0 Å². The molecule has 0 saturated heterocycles. The summed E-state index contributed by atoms with van der Waals surface area (Å²) in [6.45, 7) is 17.8. The molecule has 0 fully saturated rings. The maximum Gasteiger partial charge on any atom is -0.0353 e. The summed E-state index contributed by atoms with van der Waals surface area (Å²) in [7, 11) is 0. The highest BCUT2D eigenvalue weighted by Gasteiger charge is 1.86. The van der Waals surface area contributed by atoms with Gasteiger partial charge >= 0.3 is 0 Å². The van der Waals surface area contributed by atoms with Crippen LogP contribution in [0, 0.1) is 0 Å². The van der Waals surface area contributed by atoms with Crippen molar-refractivity contribution in [1.82, 2.24) is 0 Å². The predicted octanol–water partition coefficient (Wildman–Crippen LogP) is 7.87. The van der Waals surface area contributed by atoms with Crippen LogP contribution in [-0.4, -0.2) is 0 Å². The van der Waals surface area contributed by atoms with Gasteiger partial charge in [-0.1, -0.05) is 77.4 Å². The van der Waals surface area contributed by atoms with Crippen LogP contribution >= 0.6 is 0 Å². The molecule has 0 atom stereocenters. The smallest absolute Gasteiger partial charge is 0.0353 e. The Balaban J connectivity index is -0.000000262. The number of unbranched alkanes of at least 4 members (excludes halogenated alkanes) is 10. The van der Waals surface area contributed by atoms with Crippen molar-refractivity contribution in [3.8, 4) is 0 Å². The fourth-order valence-electron chi connectivity index (χ4n) is 1.78. The van der Waals surface area contributed by atoms with Gasteiger partial charge in [0.15, 0.2) is 0 Å². The van der Waals surface area contributed by atoms with Crippen LogP contribution in [0.5, 0.6) is 0 Å². The number of rotatable bonds is 12. The third-order valence-electron chi connectivity index (χ3n) is 3.02. The van der Waals surface area contributed by atoms with Crippen LogP contribution in [0.3, 0.4) is 0 Å². The summed E-state index contributed by atoms with van der Waals surface area (Å²) in [4.78, 5) is 0. The Morgan fingerprint density at radius 3 is 1.20 bits per heavy atom. The Morgan fingerprint density at radius 1 is 0.550 bits per heavy atom. The van der Waals surface area contributed by atoms with Crippen molar-refractivity contribution in [2.75, 3.05) is 0 Å². The standard InChI is InChI=1S/C10H20.C8H16.C2H4/c1-3-5-7-9-10-8-6-4-2;1-3-5-7-8-6-4-2;1-2/h3H,1,4-10H2,2H3;3H,1,4-8H2,2H3;1-2H2. The zero-order chi connectivity index (χ0) is 15.9. The summed E-state index contributed by atoms with van der Waals surface area (Å²) >= 11 is 0. The summed E-state index contributed by atoms with van der Waals surface area (Å²) in [6.07, 6.45) is 20.2. The van der Waals surface area contributed by atoms with Crippen LogP contribution in [0.15, 0.2) is 38.5 Å². The van der Waals surface area contributed by atoms with E-state index in [9.17, 15) is 0 Å². The van der Waals surface area contributed by atoms with Gasteiger partial charge in [0, 0.05) is 0 Å². The lowest BCUT2D eigenvalue weighted by Crippen LogP contribution is -1.76. The molecule has 0 heterocycles. The minimum absolute atomic E-state index is 1.19. The van der Waals surface area contributed by atoms with Crippen molar-refractivity contribution in [1.29, 1.82) is 0 Å². The molecule has 0 spiro atoms. The average molecular weight is 281 g/mol. The molecule has 20 heavy (non-hydrogen) atoms. The Morgan fingerprint density at radius 2 is 0.850 bits per heavy atom. The van der Waals surface area contributed by atoms with Crippen LogP contribution in [0.1, 0.15) is 90.9 Å². The van der Waals surface area contributed by atoms with Gasteiger partial charge in [-0.3, -0.25) is 0 Å². The molecule has 0 saturated carbocycles. The fraction of sp³-hybridized carbons (Fsp3) is 0.700. The summed E-state index contributed by atoms with van der Waals surface area (Å²) in [5.74, 6) is 0. The van der Waals surface area contributed by atoms with Crippen LogP contribution in [0.4, 0.5) is 0 Å². The molecule has 0 aliphatic carbocycles. The topological polar surface area (TPSA) is 0 Å². The summed E-state index contributed by atoms with van der Waals surface area (Å²) < 4.78 is 0. The van der Waals surface area contributed by atoms with Crippen LogP contribution in [-0.2, 0) is 0 Å². The molecule has 0 N–H and O–H groups in total. The first kappa shape index (κ1) is 24.3. The molecular formula is C20H40. The fourth-order valence-corrected chi connectivity index (χ4v) is 1.78. The van der Waals surface area contributed by atoms with Gasteiger partial charge in [0.2, 0.25) is 0 Å². The van der Waals surface area contributed by atoms with Gasteiger partial charge < -0.3 is 0 Å². The molecule has 0 aliphatic rings. The summed E-state index contributed by atoms with van der Waals surface area (Å²) in [5.41, 5.74) is 0. The van der Waals surface area contributed by atoms with Crippen molar-refractivity contribution in [3.63, 3.8) is 0 Å². The second-order valence-electron chi connectivity index (χ2n) is 4.98. The largest absolute Gasteiger partial charge is 0.106 e. The van der Waals surface area contributed by atoms with E-state index in [-0.39, 0.29) is 0 Å². The van der Waals surface area contributed by atoms with Crippen molar-refractivity contribution < 1.29 is 0 Å². The van der Waals surface area contributed by atoms with E-state index in [0.29, 0.717) is 0 Å². The first-order chi connectivity index (χ1) is 9.83. The molecule has 0 heteroatoms. The SMILES string of the molecule is C=C.C=CCCCCCC.C=CCCCCCCCC. The molecule has 0 unspecified atom stereocenters. The molecular weight excluding hydrogens is 240 g/mol. The van der Waals surface area contributed by atoms with Gasteiger partial charge in [-0.05, 0) is 25.7 Å². The maximum atomic E-state index is 3.69. The Bertz CT molecular complexity index is 157. The molecule has 0 bridgehead atoms. The average Bonchev–Trinajstić information content (AvgIpc) is 2.50. The van der Waals surface area contributed by atoms with Crippen molar-refractivity contribution >= 4 is 0 Å². The quantitative estimate of drug-likeness (QED) is 0.252. The molecule has 0 nitrogen and oxygen atoms in total. The minimum atomic E-state index is 1.19. The first-order valence-electron chi connectivity index (χ1n) is 8.55. The number of allylic oxidation sites excluding steroid dienone is 2. The molecule has 0 aliphatic heterocycles. The molecule has 0 rings (SSSR count). The van der Waals surface area contributed by atoms with Gasteiger partial charge in [-0.15, -0.1) is 26.3 Å². The lowest BCUT2D eigenvalue weighted by Gasteiger charge is -1.96. The van der Waals surface area contributed by atoms with Gasteiger partial charge in [0.25, 0.3) is 0 Å². The highest BCUT2D eigenvalue weighted by molar-refractivity contribution is 4.65. The van der Waals surface area contributed by atoms with E-state index in [1.54, 1.807) is 0 Å². The van der Waals surface area contributed by atoms with E-state index in [2.05, 4.69) is 40.2 Å². The molecule has 120 valence electrons. The maximum absolute atomic E-state index is 3.69. The highest BCUT2D eigenvalue weighted by Crippen LogP contribution is 2.06. The predicted molar refractivity (Wildman–Crippen MR) is 98.4 cm³/mol. The minimum Gasteiger partial charge on any atom is -0.106 e. The van der Waals surface area contributed by atoms with E-state index in [4.69, 9.17) is 0 Å². The van der Waals surface area contributed by atoms with E-state index >= 15 is 0 Å². The molecule has 0 amide bonds.